The average molecular weight is 168 g/mol. The number of likely N-dealkylation sites (tertiary alicyclic amines) is 2. The van der Waals surface area contributed by atoms with Crippen LogP contribution in [-0.4, -0.2) is 47.6 Å². The summed E-state index contributed by atoms with van der Waals surface area (Å²) in [6.45, 7) is 12.2. The molecule has 0 aromatic carbocycles. The molecule has 0 unspecified atom stereocenters. The molecule has 2 aliphatic heterocycles. The Labute approximate surface area is 75.5 Å². The Bertz CT molecular complexity index is 161. The van der Waals surface area contributed by atoms with Crippen molar-refractivity contribution in [2.24, 2.45) is 0 Å². The summed E-state index contributed by atoms with van der Waals surface area (Å²) in [7, 11) is 0. The summed E-state index contributed by atoms with van der Waals surface area (Å²) >= 11 is 0. The van der Waals surface area contributed by atoms with Gasteiger partial charge in [-0.3, -0.25) is 9.80 Å². The highest BCUT2D eigenvalue weighted by Crippen LogP contribution is 2.26. The van der Waals surface area contributed by atoms with Gasteiger partial charge in [-0.25, -0.2) is 0 Å². The average Bonchev–Trinajstić information content (AvgIpc) is 1.67. The zero-order valence-electron chi connectivity index (χ0n) is 8.51. The van der Waals surface area contributed by atoms with Crippen LogP contribution in [0.15, 0.2) is 0 Å². The number of nitrogens with zero attached hydrogens (tertiary/aromatic N) is 2. The van der Waals surface area contributed by atoms with Gasteiger partial charge >= 0.3 is 0 Å². The molecule has 0 aliphatic carbocycles. The van der Waals surface area contributed by atoms with Crippen LogP contribution in [0, 0.1) is 0 Å². The molecule has 12 heavy (non-hydrogen) atoms. The van der Waals surface area contributed by atoms with Gasteiger partial charge < -0.3 is 0 Å². The normalized spacial score (nSPS) is 28.2. The van der Waals surface area contributed by atoms with Gasteiger partial charge in [-0.2, -0.15) is 0 Å². The van der Waals surface area contributed by atoms with Gasteiger partial charge in [0, 0.05) is 24.7 Å². The first kappa shape index (κ1) is 8.52. The maximum atomic E-state index is 2.61. The first-order valence-corrected chi connectivity index (χ1v) is 5.06. The minimum absolute atomic E-state index is 0.390. The summed E-state index contributed by atoms with van der Waals surface area (Å²) in [5, 5.41) is 0. The van der Waals surface area contributed by atoms with Crippen molar-refractivity contribution in [3.8, 4) is 0 Å². The van der Waals surface area contributed by atoms with E-state index in [0.717, 1.165) is 6.04 Å². The Balaban J connectivity index is 1.76. The van der Waals surface area contributed by atoms with Crippen molar-refractivity contribution in [1.29, 1.82) is 0 Å². The molecule has 2 saturated heterocycles. The standard InChI is InChI=1S/C10H20N2/c1-10(2,3)12-7-9(8-12)11-5-4-6-11/h9H,4-8H2,1-3H3. The van der Waals surface area contributed by atoms with Gasteiger partial charge in [0.1, 0.15) is 0 Å². The quantitative estimate of drug-likeness (QED) is 0.580. The molecule has 0 N–H and O–H groups in total. The lowest BCUT2D eigenvalue weighted by Gasteiger charge is -2.53. The van der Waals surface area contributed by atoms with Gasteiger partial charge in [-0.1, -0.05) is 0 Å². The second-order valence-corrected chi connectivity index (χ2v) is 5.12. The Morgan fingerprint density at radius 1 is 1.08 bits per heavy atom. The smallest absolute Gasteiger partial charge is 0.0350 e. The van der Waals surface area contributed by atoms with E-state index < -0.39 is 0 Å². The van der Waals surface area contributed by atoms with E-state index in [1.54, 1.807) is 0 Å². The molecule has 2 heterocycles. The van der Waals surface area contributed by atoms with E-state index in [4.69, 9.17) is 0 Å². The molecule has 0 aromatic rings. The second kappa shape index (κ2) is 2.71. The van der Waals surface area contributed by atoms with Crippen LogP contribution in [0.4, 0.5) is 0 Å². The molecule has 0 atom stereocenters. The lowest BCUT2D eigenvalue weighted by atomic mass is 9.95. The first-order valence-electron chi connectivity index (χ1n) is 5.06. The molecule has 2 aliphatic rings. The summed E-state index contributed by atoms with van der Waals surface area (Å²) in [6, 6.07) is 0.887. The fourth-order valence-corrected chi connectivity index (χ4v) is 1.94. The SMILES string of the molecule is CC(C)(C)N1CC(N2CCC2)C1. The van der Waals surface area contributed by atoms with Crippen molar-refractivity contribution >= 4 is 0 Å². The Kier molecular flexibility index (Phi) is 1.92. The van der Waals surface area contributed by atoms with Crippen molar-refractivity contribution in [2.75, 3.05) is 26.2 Å². The van der Waals surface area contributed by atoms with Gasteiger partial charge in [-0.05, 0) is 40.3 Å². The minimum atomic E-state index is 0.390. The van der Waals surface area contributed by atoms with Crippen molar-refractivity contribution in [1.82, 2.24) is 9.80 Å². The van der Waals surface area contributed by atoms with Crippen LogP contribution in [-0.2, 0) is 0 Å². The minimum Gasteiger partial charge on any atom is -0.298 e. The molecule has 70 valence electrons. The maximum absolute atomic E-state index is 2.61. The van der Waals surface area contributed by atoms with E-state index in [-0.39, 0.29) is 0 Å². The highest BCUT2D eigenvalue weighted by atomic mass is 15.4. The van der Waals surface area contributed by atoms with E-state index >= 15 is 0 Å². The van der Waals surface area contributed by atoms with E-state index in [2.05, 4.69) is 30.6 Å². The van der Waals surface area contributed by atoms with E-state index in [9.17, 15) is 0 Å². The third-order valence-corrected chi connectivity index (χ3v) is 3.22. The van der Waals surface area contributed by atoms with Gasteiger partial charge in [0.05, 0.1) is 0 Å². The van der Waals surface area contributed by atoms with Crippen molar-refractivity contribution in [3.05, 3.63) is 0 Å². The monoisotopic (exact) mass is 168 g/mol. The van der Waals surface area contributed by atoms with Crippen LogP contribution in [0.2, 0.25) is 0 Å². The summed E-state index contributed by atoms with van der Waals surface area (Å²) < 4.78 is 0. The Morgan fingerprint density at radius 3 is 2.00 bits per heavy atom. The van der Waals surface area contributed by atoms with Crippen molar-refractivity contribution in [2.45, 2.75) is 38.8 Å². The van der Waals surface area contributed by atoms with Crippen LogP contribution < -0.4 is 0 Å². The zero-order chi connectivity index (χ0) is 8.77. The topological polar surface area (TPSA) is 6.48 Å². The maximum Gasteiger partial charge on any atom is 0.0350 e. The lowest BCUT2D eigenvalue weighted by molar-refractivity contribution is -0.0438. The van der Waals surface area contributed by atoms with E-state index in [1.807, 2.05) is 0 Å². The van der Waals surface area contributed by atoms with Crippen molar-refractivity contribution in [3.63, 3.8) is 0 Å². The molecular formula is C10H20N2. The summed E-state index contributed by atoms with van der Waals surface area (Å²) in [5.74, 6) is 0. The first-order chi connectivity index (χ1) is 5.57. The molecule has 0 aromatic heterocycles. The number of hydrogen-bond donors (Lipinski definition) is 0. The predicted octanol–water partition coefficient (Wildman–Crippen LogP) is 1.17. The molecule has 0 bridgehead atoms. The van der Waals surface area contributed by atoms with Crippen molar-refractivity contribution < 1.29 is 0 Å². The molecule has 2 fully saturated rings. The Morgan fingerprint density at radius 2 is 1.67 bits per heavy atom. The van der Waals surface area contributed by atoms with Gasteiger partial charge in [0.15, 0.2) is 0 Å². The lowest BCUT2D eigenvalue weighted by Crippen LogP contribution is -2.66. The van der Waals surface area contributed by atoms with E-state index in [0.29, 0.717) is 5.54 Å². The fourth-order valence-electron chi connectivity index (χ4n) is 1.94. The van der Waals surface area contributed by atoms with Crippen LogP contribution in [0.3, 0.4) is 0 Å². The predicted molar refractivity (Wildman–Crippen MR) is 51.3 cm³/mol. The fraction of sp³-hybridized carbons (Fsp3) is 1.00. The molecule has 0 radical (unpaired) electrons. The molecule has 2 rings (SSSR count). The Hall–Kier alpha value is -0.0800. The van der Waals surface area contributed by atoms with Gasteiger partial charge in [-0.15, -0.1) is 0 Å². The molecular weight excluding hydrogens is 148 g/mol. The highest BCUT2D eigenvalue weighted by Gasteiger charge is 2.38. The largest absolute Gasteiger partial charge is 0.298 e. The summed E-state index contributed by atoms with van der Waals surface area (Å²) in [5.41, 5.74) is 0.390. The van der Waals surface area contributed by atoms with Gasteiger partial charge in [0.25, 0.3) is 0 Å². The molecule has 0 saturated carbocycles. The second-order valence-electron chi connectivity index (χ2n) is 5.12. The van der Waals surface area contributed by atoms with Crippen LogP contribution >= 0.6 is 0 Å². The van der Waals surface area contributed by atoms with Crippen LogP contribution in [0.25, 0.3) is 0 Å². The molecule has 0 amide bonds. The molecule has 2 nitrogen and oxygen atoms in total. The summed E-state index contributed by atoms with van der Waals surface area (Å²) in [4.78, 5) is 5.18. The van der Waals surface area contributed by atoms with E-state index in [1.165, 1.54) is 32.6 Å². The zero-order valence-corrected chi connectivity index (χ0v) is 8.51. The van der Waals surface area contributed by atoms with Crippen LogP contribution in [0.1, 0.15) is 27.2 Å². The summed E-state index contributed by atoms with van der Waals surface area (Å²) in [6.07, 6.45) is 1.42. The van der Waals surface area contributed by atoms with Crippen LogP contribution in [0.5, 0.6) is 0 Å². The third kappa shape index (κ3) is 1.38. The molecule has 2 heteroatoms. The number of rotatable bonds is 1. The third-order valence-electron chi connectivity index (χ3n) is 3.22. The number of hydrogen-bond acceptors (Lipinski definition) is 2. The highest BCUT2D eigenvalue weighted by molar-refractivity contribution is 4.95. The molecule has 0 spiro atoms. The van der Waals surface area contributed by atoms with Gasteiger partial charge in [0.2, 0.25) is 0 Å².